The largest absolute Gasteiger partial charge is 0.497 e. The molecular weight excluding hydrogens is 477 g/mol. The summed E-state index contributed by atoms with van der Waals surface area (Å²) >= 11 is 0. The van der Waals surface area contributed by atoms with Gasteiger partial charge in [-0.25, -0.2) is 0 Å². The van der Waals surface area contributed by atoms with Gasteiger partial charge >= 0.3 is 12.1 Å². The number of nitrogens with one attached hydrogen (secondary N) is 1. The molecule has 0 unspecified atom stereocenters. The van der Waals surface area contributed by atoms with E-state index < -0.39 is 30.0 Å². The van der Waals surface area contributed by atoms with Crippen LogP contribution in [0.5, 0.6) is 11.5 Å². The Kier molecular flexibility index (Phi) is 8.48. The molecule has 10 heteroatoms. The highest BCUT2D eigenvalue weighted by Crippen LogP contribution is 2.35. The number of amides is 2. The maximum atomic E-state index is 13.7. The molecule has 1 heterocycles. The van der Waals surface area contributed by atoms with Gasteiger partial charge in [0.15, 0.2) is 0 Å². The second-order valence-electron chi connectivity index (χ2n) is 8.25. The van der Waals surface area contributed by atoms with Crippen molar-refractivity contribution in [3.63, 3.8) is 0 Å². The number of terminal acetylenes is 1. The molecule has 1 fully saturated rings. The maximum Gasteiger partial charge on any atom is 0.393 e. The molecule has 0 aliphatic carbocycles. The third kappa shape index (κ3) is 6.10. The van der Waals surface area contributed by atoms with Gasteiger partial charge in [0.1, 0.15) is 17.0 Å². The first-order valence-electron chi connectivity index (χ1n) is 11.2. The average Bonchev–Trinajstić information content (AvgIpc) is 2.86. The molecule has 36 heavy (non-hydrogen) atoms. The summed E-state index contributed by atoms with van der Waals surface area (Å²) in [5.41, 5.74) is -0.742. The molecule has 2 aromatic rings. The Hall–Kier alpha value is -3.71. The molecule has 0 spiro atoms. The first kappa shape index (κ1) is 26.9. The molecule has 192 valence electrons. The summed E-state index contributed by atoms with van der Waals surface area (Å²) in [5, 5.41) is 2.85. The first-order valence-corrected chi connectivity index (χ1v) is 11.2. The van der Waals surface area contributed by atoms with Gasteiger partial charge in [-0.3, -0.25) is 14.5 Å². The van der Waals surface area contributed by atoms with Crippen molar-refractivity contribution in [3.05, 3.63) is 53.6 Å². The molecule has 0 saturated carbocycles. The molecule has 0 atom stereocenters. The summed E-state index contributed by atoms with van der Waals surface area (Å²) in [4.78, 5) is 27.8. The lowest BCUT2D eigenvalue weighted by molar-refractivity contribution is -0.133. The summed E-state index contributed by atoms with van der Waals surface area (Å²) in [7, 11) is 3.01. The fourth-order valence-corrected chi connectivity index (χ4v) is 4.26. The molecule has 7 nitrogen and oxygen atoms in total. The zero-order valence-corrected chi connectivity index (χ0v) is 20.0. The number of nitrogens with zero attached hydrogens (tertiary/aromatic N) is 1. The Morgan fingerprint density at radius 1 is 1.14 bits per heavy atom. The van der Waals surface area contributed by atoms with Crippen molar-refractivity contribution >= 4 is 17.5 Å². The van der Waals surface area contributed by atoms with E-state index in [1.807, 2.05) is 5.92 Å². The molecule has 2 aromatic carbocycles. The van der Waals surface area contributed by atoms with Gasteiger partial charge in [0.25, 0.3) is 0 Å². The summed E-state index contributed by atoms with van der Waals surface area (Å²) in [6, 6.07) is 10.5. The van der Waals surface area contributed by atoms with E-state index in [1.54, 1.807) is 18.2 Å². The van der Waals surface area contributed by atoms with Crippen molar-refractivity contribution in [2.75, 3.05) is 32.3 Å². The van der Waals surface area contributed by atoms with Gasteiger partial charge in [-0.2, -0.15) is 13.2 Å². The quantitative estimate of drug-likeness (QED) is 0.556. The predicted molar refractivity (Wildman–Crippen MR) is 127 cm³/mol. The third-order valence-corrected chi connectivity index (χ3v) is 6.00. The molecule has 1 aliphatic heterocycles. The Bertz CT molecular complexity index is 1140. The Morgan fingerprint density at radius 2 is 1.86 bits per heavy atom. The van der Waals surface area contributed by atoms with E-state index in [0.29, 0.717) is 17.1 Å². The number of rotatable bonds is 8. The van der Waals surface area contributed by atoms with Gasteiger partial charge in [0, 0.05) is 49.9 Å². The Balaban J connectivity index is 1.97. The van der Waals surface area contributed by atoms with Gasteiger partial charge in [-0.15, -0.1) is 6.42 Å². The standard InChI is InChI=1S/C26H27F3N2O5/c1-4-23(32)31(20-7-5-6-18(14-20)16-26(27,28)29)25(10-12-36-13-11-25)24(33)30-17-19-8-9-21(34-2)15-22(19)35-3/h1,5-9,14-15H,10-13,16-17H2,2-3H3,(H,30,33). The van der Waals surface area contributed by atoms with Gasteiger partial charge in [0.05, 0.1) is 20.6 Å². The number of hydrogen-bond acceptors (Lipinski definition) is 5. The molecule has 0 aromatic heterocycles. The molecule has 0 bridgehead atoms. The highest BCUT2D eigenvalue weighted by Gasteiger charge is 2.48. The summed E-state index contributed by atoms with van der Waals surface area (Å²) in [5.74, 6) is 1.75. The van der Waals surface area contributed by atoms with E-state index in [-0.39, 0.29) is 43.9 Å². The van der Waals surface area contributed by atoms with Crippen molar-refractivity contribution < 1.29 is 37.0 Å². The number of carbonyl (C=O) groups is 2. The van der Waals surface area contributed by atoms with Crippen LogP contribution in [0.1, 0.15) is 24.0 Å². The van der Waals surface area contributed by atoms with Gasteiger partial charge in [0.2, 0.25) is 5.91 Å². The van der Waals surface area contributed by atoms with E-state index >= 15 is 0 Å². The first-order chi connectivity index (χ1) is 17.1. The van der Waals surface area contributed by atoms with E-state index in [2.05, 4.69) is 5.32 Å². The molecule has 3 rings (SSSR count). The van der Waals surface area contributed by atoms with Crippen LogP contribution in [0.2, 0.25) is 0 Å². The normalized spacial score (nSPS) is 14.9. The van der Waals surface area contributed by atoms with Gasteiger partial charge < -0.3 is 19.5 Å². The zero-order valence-electron chi connectivity index (χ0n) is 20.0. The monoisotopic (exact) mass is 504 g/mol. The lowest BCUT2D eigenvalue weighted by Gasteiger charge is -2.44. The second-order valence-corrected chi connectivity index (χ2v) is 8.25. The molecule has 1 saturated heterocycles. The molecule has 1 aliphatic rings. The van der Waals surface area contributed by atoms with Crippen molar-refractivity contribution in [3.8, 4) is 23.8 Å². The van der Waals surface area contributed by atoms with Gasteiger partial charge in [-0.05, 0) is 35.7 Å². The van der Waals surface area contributed by atoms with Crippen LogP contribution in [0.3, 0.4) is 0 Å². The number of carbonyl (C=O) groups excluding carboxylic acids is 2. The van der Waals surface area contributed by atoms with Crippen LogP contribution in [0.25, 0.3) is 0 Å². The van der Waals surface area contributed by atoms with E-state index in [1.165, 1.54) is 38.5 Å². The van der Waals surface area contributed by atoms with E-state index in [4.69, 9.17) is 20.6 Å². The predicted octanol–water partition coefficient (Wildman–Crippen LogP) is 3.64. The minimum atomic E-state index is -4.44. The smallest absolute Gasteiger partial charge is 0.393 e. The SMILES string of the molecule is C#CC(=O)N(c1cccc(CC(F)(F)F)c1)C1(C(=O)NCc2ccc(OC)cc2OC)CCOCC1. The van der Waals surface area contributed by atoms with Crippen LogP contribution >= 0.6 is 0 Å². The van der Waals surface area contributed by atoms with Crippen molar-refractivity contribution in [2.24, 2.45) is 0 Å². The second kappa shape index (κ2) is 11.4. The average molecular weight is 505 g/mol. The van der Waals surface area contributed by atoms with E-state index in [9.17, 15) is 22.8 Å². The highest BCUT2D eigenvalue weighted by atomic mass is 19.4. The van der Waals surface area contributed by atoms with Crippen LogP contribution in [0.4, 0.5) is 18.9 Å². The Morgan fingerprint density at radius 3 is 2.47 bits per heavy atom. The van der Waals surface area contributed by atoms with Crippen LogP contribution in [0, 0.1) is 12.3 Å². The number of methoxy groups -OCH3 is 2. The van der Waals surface area contributed by atoms with Crippen LogP contribution in [-0.4, -0.2) is 51.0 Å². The minimum absolute atomic E-state index is 0.0552. The minimum Gasteiger partial charge on any atom is -0.497 e. The molecule has 0 radical (unpaired) electrons. The number of alkyl halides is 3. The number of hydrogen-bond donors (Lipinski definition) is 1. The van der Waals surface area contributed by atoms with Crippen LogP contribution in [0.15, 0.2) is 42.5 Å². The fourth-order valence-electron chi connectivity index (χ4n) is 4.26. The number of anilines is 1. The molecule has 2 amide bonds. The summed E-state index contributed by atoms with van der Waals surface area (Å²) < 4.78 is 55.1. The topological polar surface area (TPSA) is 77.1 Å². The Labute approximate surface area is 207 Å². The third-order valence-electron chi connectivity index (χ3n) is 6.00. The van der Waals surface area contributed by atoms with Crippen LogP contribution < -0.4 is 19.7 Å². The number of ether oxygens (including phenoxy) is 3. The van der Waals surface area contributed by atoms with Crippen LogP contribution in [-0.2, 0) is 27.3 Å². The van der Waals surface area contributed by atoms with E-state index in [0.717, 1.165) is 4.90 Å². The molecular formula is C26H27F3N2O5. The lowest BCUT2D eigenvalue weighted by atomic mass is 9.85. The number of benzene rings is 2. The van der Waals surface area contributed by atoms with Gasteiger partial charge in [-0.1, -0.05) is 12.1 Å². The molecule has 1 N–H and O–H groups in total. The summed E-state index contributed by atoms with van der Waals surface area (Å²) in [6.07, 6.45) is 0.0250. The maximum absolute atomic E-state index is 13.7. The lowest BCUT2D eigenvalue weighted by Crippen LogP contribution is -2.63. The fraction of sp³-hybridized carbons (Fsp3) is 0.385. The number of halogens is 3. The highest BCUT2D eigenvalue weighted by molar-refractivity contribution is 6.11. The van der Waals surface area contributed by atoms with Crippen molar-refractivity contribution in [1.82, 2.24) is 5.32 Å². The summed E-state index contributed by atoms with van der Waals surface area (Å²) in [6.45, 7) is 0.395. The van der Waals surface area contributed by atoms with Crippen molar-refractivity contribution in [1.29, 1.82) is 0 Å². The van der Waals surface area contributed by atoms with Crippen molar-refractivity contribution in [2.45, 2.75) is 37.5 Å². The zero-order chi connectivity index (χ0) is 26.3.